The van der Waals surface area contributed by atoms with Crippen molar-refractivity contribution in [1.29, 1.82) is 0 Å². The smallest absolute Gasteiger partial charge is 0.328 e. The fraction of sp³-hybridized carbons (Fsp3) is 0.429. The molecule has 0 spiro atoms. The first kappa shape index (κ1) is 31.1. The van der Waals surface area contributed by atoms with Crippen LogP contribution < -0.4 is 20.7 Å². The summed E-state index contributed by atoms with van der Waals surface area (Å²) in [6.07, 6.45) is 0.193. The van der Waals surface area contributed by atoms with E-state index in [-0.39, 0.29) is 36.0 Å². The van der Waals surface area contributed by atoms with Crippen molar-refractivity contribution in [3.8, 4) is 11.5 Å². The molecule has 6 N–H and O–H groups in total. The van der Waals surface area contributed by atoms with Crippen molar-refractivity contribution in [2.24, 2.45) is 11.8 Å². The van der Waals surface area contributed by atoms with Crippen LogP contribution in [0.5, 0.6) is 11.5 Å². The number of phenols is 1. The van der Waals surface area contributed by atoms with E-state index in [0.717, 1.165) is 5.56 Å². The van der Waals surface area contributed by atoms with E-state index in [0.29, 0.717) is 0 Å². The highest BCUT2D eigenvalue weighted by atomic mass is 16.5. The highest BCUT2D eigenvalue weighted by Gasteiger charge is 2.31. The summed E-state index contributed by atoms with van der Waals surface area (Å²) < 4.78 is 5.81. The van der Waals surface area contributed by atoms with Crippen molar-refractivity contribution in [1.82, 2.24) is 16.0 Å². The fourth-order valence-electron chi connectivity index (χ4n) is 3.73. The first-order valence-electron chi connectivity index (χ1n) is 12.7. The Labute approximate surface area is 227 Å². The molecule has 3 atom stereocenters. The molecule has 0 heterocycles. The maximum Gasteiger partial charge on any atom is 0.328 e. The second-order valence-corrected chi connectivity index (χ2v) is 9.92. The number of phenolic OH excluding ortho intramolecular Hbond substituents is 1. The van der Waals surface area contributed by atoms with Crippen LogP contribution in [0.4, 0.5) is 0 Å². The van der Waals surface area contributed by atoms with E-state index in [1.165, 1.54) is 18.2 Å². The van der Waals surface area contributed by atoms with Crippen molar-refractivity contribution < 1.29 is 39.2 Å². The molecule has 0 saturated carbocycles. The van der Waals surface area contributed by atoms with Crippen LogP contribution in [-0.2, 0) is 21.0 Å². The van der Waals surface area contributed by atoms with E-state index in [4.69, 9.17) is 9.84 Å². The van der Waals surface area contributed by atoms with Gasteiger partial charge in [0.25, 0.3) is 5.91 Å². The summed E-state index contributed by atoms with van der Waals surface area (Å²) in [6, 6.07) is 9.69. The number of hydrogen-bond acceptors (Lipinski definition) is 7. The van der Waals surface area contributed by atoms with Crippen molar-refractivity contribution in [3.63, 3.8) is 0 Å². The summed E-state index contributed by atoms with van der Waals surface area (Å²) in [4.78, 5) is 50.5. The Kier molecular flexibility index (Phi) is 11.7. The van der Waals surface area contributed by atoms with E-state index in [2.05, 4.69) is 16.0 Å². The molecule has 0 aliphatic heterocycles. The molecule has 2 aromatic rings. The van der Waals surface area contributed by atoms with Crippen LogP contribution in [0.15, 0.2) is 48.5 Å². The van der Waals surface area contributed by atoms with E-state index in [1.54, 1.807) is 13.8 Å². The Morgan fingerprint density at radius 1 is 0.872 bits per heavy atom. The number of aromatic hydroxyl groups is 1. The summed E-state index contributed by atoms with van der Waals surface area (Å²) in [6.45, 7) is 6.44. The minimum absolute atomic E-state index is 0.0214. The number of ether oxygens (including phenoxy) is 1. The molecule has 0 saturated heterocycles. The van der Waals surface area contributed by atoms with Crippen LogP contribution in [-0.4, -0.2) is 63.7 Å². The molecular formula is C28H37N3O8. The van der Waals surface area contributed by atoms with Gasteiger partial charge in [0, 0.05) is 0 Å². The van der Waals surface area contributed by atoms with E-state index < -0.39 is 54.3 Å². The van der Waals surface area contributed by atoms with Gasteiger partial charge in [0.05, 0.1) is 12.2 Å². The number of rotatable bonds is 14. The predicted octanol–water partition coefficient (Wildman–Crippen LogP) is 1.82. The molecule has 0 unspecified atom stereocenters. The second kappa shape index (κ2) is 14.7. The van der Waals surface area contributed by atoms with Gasteiger partial charge < -0.3 is 36.0 Å². The highest BCUT2D eigenvalue weighted by Crippen LogP contribution is 2.25. The maximum absolute atomic E-state index is 13.3. The number of nitrogens with one attached hydrogen (secondary N) is 3. The average Bonchev–Trinajstić information content (AvgIpc) is 2.88. The molecule has 0 fully saturated rings. The number of amides is 3. The Morgan fingerprint density at radius 2 is 1.51 bits per heavy atom. The molecule has 11 nitrogen and oxygen atoms in total. The highest BCUT2D eigenvalue weighted by molar-refractivity contribution is 6.00. The number of carbonyl (C=O) groups excluding carboxylic acids is 3. The van der Waals surface area contributed by atoms with Crippen LogP contribution in [0.3, 0.4) is 0 Å². The second-order valence-electron chi connectivity index (χ2n) is 9.92. The zero-order valence-corrected chi connectivity index (χ0v) is 22.5. The van der Waals surface area contributed by atoms with Crippen LogP contribution in [0.2, 0.25) is 0 Å². The monoisotopic (exact) mass is 543 g/mol. The lowest BCUT2D eigenvalue weighted by Crippen LogP contribution is -2.57. The van der Waals surface area contributed by atoms with Crippen LogP contribution in [0.25, 0.3) is 0 Å². The van der Waals surface area contributed by atoms with Crippen molar-refractivity contribution in [3.05, 3.63) is 59.7 Å². The Bertz CT molecular complexity index is 1140. The minimum atomic E-state index is -1.52. The number of aliphatic carboxylic acids is 1. The zero-order chi connectivity index (χ0) is 29.1. The zero-order valence-electron chi connectivity index (χ0n) is 22.5. The first-order valence-corrected chi connectivity index (χ1v) is 12.7. The molecule has 0 radical (unpaired) electrons. The minimum Gasteiger partial charge on any atom is -0.508 e. The van der Waals surface area contributed by atoms with Gasteiger partial charge in [-0.3, -0.25) is 14.4 Å². The van der Waals surface area contributed by atoms with Crippen LogP contribution in [0, 0.1) is 11.8 Å². The van der Waals surface area contributed by atoms with Gasteiger partial charge in [-0.1, -0.05) is 58.0 Å². The van der Waals surface area contributed by atoms with Gasteiger partial charge >= 0.3 is 5.97 Å². The molecule has 212 valence electrons. The topological polar surface area (TPSA) is 174 Å². The predicted molar refractivity (Wildman–Crippen MR) is 143 cm³/mol. The van der Waals surface area contributed by atoms with Gasteiger partial charge in [0.15, 0.2) is 0 Å². The number of benzene rings is 2. The molecule has 0 aliphatic carbocycles. The third kappa shape index (κ3) is 9.60. The van der Waals surface area contributed by atoms with Crippen LogP contribution >= 0.6 is 0 Å². The lowest BCUT2D eigenvalue weighted by Gasteiger charge is -2.27. The van der Waals surface area contributed by atoms with Gasteiger partial charge in [-0.2, -0.15) is 0 Å². The average molecular weight is 544 g/mol. The van der Waals surface area contributed by atoms with Crippen LogP contribution in [0.1, 0.15) is 50.0 Å². The van der Waals surface area contributed by atoms with Crippen molar-refractivity contribution in [2.75, 3.05) is 6.61 Å². The SMILES string of the molecule is CC(C)C[C@H](NC(=O)[C@@H](NC(=O)c1cc(O)ccc1OCc1ccccc1)C(C)C)C(=O)N[C@@H](CO)C(=O)O. The molecule has 11 heteroatoms. The van der Waals surface area contributed by atoms with Crippen molar-refractivity contribution >= 4 is 23.7 Å². The molecule has 0 aliphatic rings. The molecule has 3 amide bonds. The van der Waals surface area contributed by atoms with Gasteiger partial charge in [0.1, 0.15) is 36.2 Å². The molecule has 39 heavy (non-hydrogen) atoms. The third-order valence-electron chi connectivity index (χ3n) is 5.82. The fourth-order valence-corrected chi connectivity index (χ4v) is 3.73. The van der Waals surface area contributed by atoms with Gasteiger partial charge in [-0.15, -0.1) is 0 Å². The van der Waals surface area contributed by atoms with Crippen molar-refractivity contribution in [2.45, 2.75) is 58.8 Å². The van der Waals surface area contributed by atoms with E-state index in [1.807, 2.05) is 44.2 Å². The quantitative estimate of drug-likeness (QED) is 0.209. The molecule has 2 aromatic carbocycles. The number of aliphatic hydroxyl groups excluding tert-OH is 1. The standard InChI is InChI=1S/C28H37N3O8/c1-16(2)12-21(26(35)30-22(14-32)28(37)38)29-27(36)24(17(3)4)31-25(34)20-13-19(33)10-11-23(20)39-15-18-8-6-5-7-9-18/h5-11,13,16-17,21-22,24,32-33H,12,14-15H2,1-4H3,(H,29,36)(H,30,35)(H,31,34)(H,37,38)/t21-,22-,24-/m0/s1. The molecule has 0 aromatic heterocycles. The van der Waals surface area contributed by atoms with Gasteiger partial charge in [-0.05, 0) is 42.0 Å². The number of carboxylic acids is 1. The summed E-state index contributed by atoms with van der Waals surface area (Å²) in [7, 11) is 0. The largest absolute Gasteiger partial charge is 0.508 e. The summed E-state index contributed by atoms with van der Waals surface area (Å²) in [5, 5.41) is 35.9. The van der Waals surface area contributed by atoms with E-state index in [9.17, 15) is 29.4 Å². The number of aliphatic hydroxyl groups is 1. The summed E-state index contributed by atoms with van der Waals surface area (Å²) in [5.74, 6) is -3.89. The molecule has 2 rings (SSSR count). The Balaban J connectivity index is 2.20. The molecule has 0 bridgehead atoms. The van der Waals surface area contributed by atoms with E-state index >= 15 is 0 Å². The lowest BCUT2D eigenvalue weighted by molar-refractivity contribution is -0.143. The Hall–Kier alpha value is -4.12. The lowest BCUT2D eigenvalue weighted by atomic mass is 9.99. The Morgan fingerprint density at radius 3 is 2.08 bits per heavy atom. The molecular weight excluding hydrogens is 506 g/mol. The number of carboxylic acid groups (broad SMARTS) is 1. The first-order chi connectivity index (χ1) is 18.4. The number of carbonyl (C=O) groups is 4. The number of hydrogen-bond donors (Lipinski definition) is 6. The maximum atomic E-state index is 13.3. The summed E-state index contributed by atoms with van der Waals surface area (Å²) >= 11 is 0. The van der Waals surface area contributed by atoms with Gasteiger partial charge in [-0.25, -0.2) is 4.79 Å². The normalized spacial score (nSPS) is 13.3. The van der Waals surface area contributed by atoms with Gasteiger partial charge in [0.2, 0.25) is 11.8 Å². The third-order valence-corrected chi connectivity index (χ3v) is 5.82. The summed E-state index contributed by atoms with van der Waals surface area (Å²) in [5.41, 5.74) is 0.894.